The number of benzene rings is 3. The van der Waals surface area contributed by atoms with Crippen LogP contribution in [0.5, 0.6) is 0 Å². The molecule has 0 unspecified atom stereocenters. The second-order valence-corrected chi connectivity index (χ2v) is 8.24. The molecule has 2 aliphatic heterocycles. The first-order valence-electron chi connectivity index (χ1n) is 11.1. The van der Waals surface area contributed by atoms with Gasteiger partial charge in [0.25, 0.3) is 5.91 Å². The van der Waals surface area contributed by atoms with Crippen molar-refractivity contribution >= 4 is 40.8 Å². The number of carbonyl (C=O) groups is 4. The molecule has 170 valence electrons. The molecule has 0 N–H and O–H groups in total. The van der Waals surface area contributed by atoms with Crippen molar-refractivity contribution in [1.29, 1.82) is 0 Å². The lowest BCUT2D eigenvalue weighted by atomic mass is 10.0. The van der Waals surface area contributed by atoms with Crippen LogP contribution in [0.1, 0.15) is 34.3 Å². The number of nitrogens with zero attached hydrogens (tertiary/aromatic N) is 2. The Hall–Kier alpha value is -4.26. The van der Waals surface area contributed by atoms with Crippen LogP contribution in [-0.2, 0) is 32.0 Å². The molecule has 3 aromatic carbocycles. The SMILES string of the molecule is O=C(OCC(=O)N1c2ccccc2CCc2ccccc21)c1cccc(N2C(=O)CCC2=O)c1. The summed E-state index contributed by atoms with van der Waals surface area (Å²) in [5.74, 6) is -1.67. The average Bonchev–Trinajstić information content (AvgIpc) is 3.10. The zero-order valence-electron chi connectivity index (χ0n) is 18.4. The van der Waals surface area contributed by atoms with E-state index in [4.69, 9.17) is 4.74 Å². The molecular weight excluding hydrogens is 432 g/mol. The largest absolute Gasteiger partial charge is 0.452 e. The predicted molar refractivity (Wildman–Crippen MR) is 126 cm³/mol. The maximum atomic E-state index is 13.3. The second-order valence-electron chi connectivity index (χ2n) is 8.24. The van der Waals surface area contributed by atoms with Gasteiger partial charge in [-0.15, -0.1) is 0 Å². The molecule has 3 amide bonds. The molecular formula is C27H22N2O5. The molecule has 0 spiro atoms. The van der Waals surface area contributed by atoms with Crippen molar-refractivity contribution in [3.8, 4) is 0 Å². The van der Waals surface area contributed by atoms with Gasteiger partial charge in [-0.25, -0.2) is 4.79 Å². The molecule has 5 rings (SSSR count). The summed E-state index contributed by atoms with van der Waals surface area (Å²) in [6, 6.07) is 21.6. The van der Waals surface area contributed by atoms with Crippen LogP contribution in [0.15, 0.2) is 72.8 Å². The van der Waals surface area contributed by atoms with Gasteiger partial charge in [0.15, 0.2) is 6.61 Å². The van der Waals surface area contributed by atoms with Crippen LogP contribution in [0.2, 0.25) is 0 Å². The van der Waals surface area contributed by atoms with E-state index in [0.29, 0.717) is 5.69 Å². The number of ether oxygens (including phenoxy) is 1. The third kappa shape index (κ3) is 3.96. The Bertz CT molecular complexity index is 1250. The number of para-hydroxylation sites is 2. The van der Waals surface area contributed by atoms with Gasteiger partial charge in [-0.05, 0) is 54.3 Å². The number of amides is 3. The number of hydrogen-bond donors (Lipinski definition) is 0. The number of aryl methyl sites for hydroxylation is 2. The first kappa shape index (κ1) is 21.6. The van der Waals surface area contributed by atoms with Crippen molar-refractivity contribution < 1.29 is 23.9 Å². The van der Waals surface area contributed by atoms with Gasteiger partial charge in [-0.2, -0.15) is 0 Å². The second kappa shape index (κ2) is 8.94. The summed E-state index contributed by atoms with van der Waals surface area (Å²) < 4.78 is 5.37. The summed E-state index contributed by atoms with van der Waals surface area (Å²) in [5.41, 5.74) is 4.14. The van der Waals surface area contributed by atoms with E-state index in [9.17, 15) is 19.2 Å². The maximum absolute atomic E-state index is 13.3. The van der Waals surface area contributed by atoms with E-state index in [2.05, 4.69) is 0 Å². The number of esters is 1. The number of rotatable bonds is 4. The molecule has 1 fully saturated rings. The van der Waals surface area contributed by atoms with E-state index < -0.39 is 12.6 Å². The number of imide groups is 1. The predicted octanol–water partition coefficient (Wildman–Crippen LogP) is 3.96. The lowest BCUT2D eigenvalue weighted by Gasteiger charge is -2.24. The van der Waals surface area contributed by atoms with Gasteiger partial charge in [-0.1, -0.05) is 42.5 Å². The van der Waals surface area contributed by atoms with Crippen LogP contribution in [0.3, 0.4) is 0 Å². The van der Waals surface area contributed by atoms with Gasteiger partial charge in [0, 0.05) is 12.8 Å². The quantitative estimate of drug-likeness (QED) is 0.440. The van der Waals surface area contributed by atoms with E-state index >= 15 is 0 Å². The fourth-order valence-electron chi connectivity index (χ4n) is 4.46. The Labute approximate surface area is 196 Å². The van der Waals surface area contributed by atoms with E-state index in [1.54, 1.807) is 17.0 Å². The van der Waals surface area contributed by atoms with Gasteiger partial charge < -0.3 is 4.74 Å². The van der Waals surface area contributed by atoms with Crippen LogP contribution in [-0.4, -0.2) is 30.3 Å². The fraction of sp³-hybridized carbons (Fsp3) is 0.185. The Balaban J connectivity index is 1.36. The lowest BCUT2D eigenvalue weighted by molar-refractivity contribution is -0.122. The Kier molecular flexibility index (Phi) is 5.67. The van der Waals surface area contributed by atoms with Crippen LogP contribution in [0.25, 0.3) is 0 Å². The minimum absolute atomic E-state index is 0.154. The topological polar surface area (TPSA) is 84.0 Å². The number of carbonyl (C=O) groups excluding carboxylic acids is 4. The molecule has 7 heteroatoms. The molecule has 3 aromatic rings. The molecule has 0 bridgehead atoms. The lowest BCUT2D eigenvalue weighted by Crippen LogP contribution is -2.31. The molecule has 2 heterocycles. The van der Waals surface area contributed by atoms with Gasteiger partial charge in [0.05, 0.1) is 22.6 Å². The van der Waals surface area contributed by atoms with Crippen LogP contribution >= 0.6 is 0 Å². The number of fused-ring (bicyclic) bond motifs is 2. The average molecular weight is 454 g/mol. The summed E-state index contributed by atoms with van der Waals surface area (Å²) in [5, 5.41) is 0. The molecule has 1 saturated heterocycles. The Morgan fingerprint density at radius 3 is 1.94 bits per heavy atom. The van der Waals surface area contributed by atoms with E-state index in [-0.39, 0.29) is 36.1 Å². The molecule has 34 heavy (non-hydrogen) atoms. The minimum Gasteiger partial charge on any atom is -0.452 e. The highest BCUT2D eigenvalue weighted by atomic mass is 16.5. The third-order valence-electron chi connectivity index (χ3n) is 6.10. The van der Waals surface area contributed by atoms with E-state index in [0.717, 1.165) is 40.2 Å². The first-order chi connectivity index (χ1) is 16.5. The summed E-state index contributed by atoms with van der Waals surface area (Å²) in [4.78, 5) is 52.8. The standard InChI is InChI=1S/C27H22N2O5/c30-24-14-15-25(31)28(24)21-9-5-8-20(16-21)27(33)34-17-26(32)29-22-10-3-1-6-18(22)12-13-19-7-2-4-11-23(19)29/h1-11,16H,12-15,17H2. The van der Waals surface area contributed by atoms with Crippen LogP contribution in [0.4, 0.5) is 17.1 Å². The van der Waals surface area contributed by atoms with E-state index in [1.165, 1.54) is 12.1 Å². The molecule has 2 aliphatic rings. The molecule has 0 atom stereocenters. The summed E-state index contributed by atoms with van der Waals surface area (Å²) in [6.45, 7) is -0.451. The van der Waals surface area contributed by atoms with Crippen molar-refractivity contribution in [1.82, 2.24) is 0 Å². The molecule has 7 nitrogen and oxygen atoms in total. The zero-order valence-corrected chi connectivity index (χ0v) is 18.4. The fourth-order valence-corrected chi connectivity index (χ4v) is 4.46. The smallest absolute Gasteiger partial charge is 0.338 e. The maximum Gasteiger partial charge on any atom is 0.338 e. The van der Waals surface area contributed by atoms with Crippen molar-refractivity contribution in [3.05, 3.63) is 89.5 Å². The third-order valence-corrected chi connectivity index (χ3v) is 6.10. The highest BCUT2D eigenvalue weighted by Crippen LogP contribution is 2.36. The van der Waals surface area contributed by atoms with Crippen LogP contribution < -0.4 is 9.80 Å². The monoisotopic (exact) mass is 454 g/mol. The van der Waals surface area contributed by atoms with Gasteiger partial charge >= 0.3 is 5.97 Å². The van der Waals surface area contributed by atoms with Crippen molar-refractivity contribution in [2.75, 3.05) is 16.4 Å². The highest BCUT2D eigenvalue weighted by Gasteiger charge is 2.31. The molecule has 0 aliphatic carbocycles. The van der Waals surface area contributed by atoms with E-state index in [1.807, 2.05) is 48.5 Å². The minimum atomic E-state index is -0.703. The molecule has 0 aromatic heterocycles. The van der Waals surface area contributed by atoms with Gasteiger partial charge in [-0.3, -0.25) is 24.2 Å². The van der Waals surface area contributed by atoms with Crippen LogP contribution in [0, 0.1) is 0 Å². The number of anilines is 3. The molecule has 0 radical (unpaired) electrons. The normalized spacial score (nSPS) is 14.9. The Morgan fingerprint density at radius 1 is 0.735 bits per heavy atom. The summed E-state index contributed by atoms with van der Waals surface area (Å²) in [6.07, 6.45) is 1.91. The summed E-state index contributed by atoms with van der Waals surface area (Å²) in [7, 11) is 0. The van der Waals surface area contributed by atoms with Crippen molar-refractivity contribution in [2.45, 2.75) is 25.7 Å². The zero-order chi connectivity index (χ0) is 23.7. The van der Waals surface area contributed by atoms with Gasteiger partial charge in [0.1, 0.15) is 0 Å². The summed E-state index contributed by atoms with van der Waals surface area (Å²) >= 11 is 0. The Morgan fingerprint density at radius 2 is 1.32 bits per heavy atom. The highest BCUT2D eigenvalue weighted by molar-refractivity contribution is 6.20. The van der Waals surface area contributed by atoms with Crippen molar-refractivity contribution in [3.63, 3.8) is 0 Å². The van der Waals surface area contributed by atoms with Gasteiger partial charge in [0.2, 0.25) is 11.8 Å². The first-order valence-corrected chi connectivity index (χ1v) is 11.1. The number of hydrogen-bond acceptors (Lipinski definition) is 5. The van der Waals surface area contributed by atoms with Crippen molar-refractivity contribution in [2.24, 2.45) is 0 Å². The molecule has 0 saturated carbocycles.